The van der Waals surface area contributed by atoms with Crippen molar-refractivity contribution in [1.82, 2.24) is 0 Å². The monoisotopic (exact) mass is 330 g/mol. The SMILES string of the molecule is COc1cc(C(Br)C(=O)C(C)=O)cc(OC)c1OC. The zero-order valence-corrected chi connectivity index (χ0v) is 12.7. The van der Waals surface area contributed by atoms with E-state index in [0.29, 0.717) is 22.8 Å². The molecule has 0 aliphatic heterocycles. The van der Waals surface area contributed by atoms with Gasteiger partial charge in [-0.25, -0.2) is 0 Å². The topological polar surface area (TPSA) is 61.8 Å². The molecule has 0 saturated carbocycles. The first kappa shape index (κ1) is 15.5. The van der Waals surface area contributed by atoms with Crippen molar-refractivity contribution in [3.63, 3.8) is 0 Å². The van der Waals surface area contributed by atoms with Gasteiger partial charge in [-0.1, -0.05) is 15.9 Å². The molecule has 1 unspecified atom stereocenters. The van der Waals surface area contributed by atoms with Gasteiger partial charge in [-0.05, 0) is 17.7 Å². The molecule has 0 heterocycles. The number of alkyl halides is 1. The van der Waals surface area contributed by atoms with Gasteiger partial charge in [-0.15, -0.1) is 0 Å². The van der Waals surface area contributed by atoms with E-state index in [0.717, 1.165) is 0 Å². The molecule has 0 aliphatic rings. The zero-order chi connectivity index (χ0) is 14.6. The number of hydrogen-bond donors (Lipinski definition) is 0. The van der Waals surface area contributed by atoms with Crippen LogP contribution in [0.4, 0.5) is 0 Å². The predicted octanol–water partition coefficient (Wildman–Crippen LogP) is 2.31. The molecule has 0 bridgehead atoms. The Labute approximate surface area is 120 Å². The summed E-state index contributed by atoms with van der Waals surface area (Å²) in [5.74, 6) is 0.240. The highest BCUT2D eigenvalue weighted by molar-refractivity contribution is 9.09. The van der Waals surface area contributed by atoms with E-state index >= 15 is 0 Å². The molecule has 0 aliphatic carbocycles. The first-order chi connectivity index (χ1) is 8.96. The van der Waals surface area contributed by atoms with Crippen molar-refractivity contribution in [1.29, 1.82) is 0 Å². The highest BCUT2D eigenvalue weighted by atomic mass is 79.9. The van der Waals surface area contributed by atoms with Crippen LogP contribution in [0.1, 0.15) is 17.3 Å². The van der Waals surface area contributed by atoms with E-state index in [9.17, 15) is 9.59 Å². The van der Waals surface area contributed by atoms with Crippen molar-refractivity contribution in [2.45, 2.75) is 11.8 Å². The van der Waals surface area contributed by atoms with Gasteiger partial charge in [-0.2, -0.15) is 0 Å². The van der Waals surface area contributed by atoms with Crippen LogP contribution < -0.4 is 14.2 Å². The molecule has 1 aromatic carbocycles. The number of benzene rings is 1. The van der Waals surface area contributed by atoms with E-state index in [1.54, 1.807) is 12.1 Å². The van der Waals surface area contributed by atoms with Crippen LogP contribution in [0.3, 0.4) is 0 Å². The van der Waals surface area contributed by atoms with E-state index < -0.39 is 16.4 Å². The van der Waals surface area contributed by atoms with Gasteiger partial charge in [-0.3, -0.25) is 9.59 Å². The van der Waals surface area contributed by atoms with Crippen LogP contribution in [0.25, 0.3) is 0 Å². The minimum atomic E-state index is -0.737. The number of carbonyl (C=O) groups excluding carboxylic acids is 2. The molecule has 0 N–H and O–H groups in total. The maximum Gasteiger partial charge on any atom is 0.216 e. The molecule has 104 valence electrons. The first-order valence-electron chi connectivity index (χ1n) is 5.45. The van der Waals surface area contributed by atoms with Crippen LogP contribution in [0.15, 0.2) is 12.1 Å². The third kappa shape index (κ3) is 3.26. The third-order valence-corrected chi connectivity index (χ3v) is 3.50. The van der Waals surface area contributed by atoms with Crippen LogP contribution in [0, 0.1) is 0 Å². The van der Waals surface area contributed by atoms with Gasteiger partial charge in [0, 0.05) is 6.92 Å². The number of methoxy groups -OCH3 is 3. The Hall–Kier alpha value is -1.56. The number of Topliss-reactive ketones (excluding diaryl/α,β-unsaturated/α-hetero) is 2. The molecule has 0 saturated heterocycles. The minimum Gasteiger partial charge on any atom is -0.493 e. The Morgan fingerprint density at radius 2 is 1.53 bits per heavy atom. The largest absolute Gasteiger partial charge is 0.493 e. The summed E-state index contributed by atoms with van der Waals surface area (Å²) >= 11 is 3.20. The summed E-state index contributed by atoms with van der Waals surface area (Å²) in [5.41, 5.74) is 0.565. The second kappa shape index (κ2) is 6.56. The molecule has 6 heteroatoms. The average Bonchev–Trinajstić information content (AvgIpc) is 2.43. The second-order valence-corrected chi connectivity index (χ2v) is 4.66. The molecule has 1 aromatic rings. The van der Waals surface area contributed by atoms with Crippen molar-refractivity contribution in [3.05, 3.63) is 17.7 Å². The van der Waals surface area contributed by atoms with Crippen LogP contribution >= 0.6 is 15.9 Å². The van der Waals surface area contributed by atoms with Crippen molar-refractivity contribution >= 4 is 27.5 Å². The number of halogens is 1. The van der Waals surface area contributed by atoms with Crippen molar-refractivity contribution in [2.24, 2.45) is 0 Å². The lowest BCUT2D eigenvalue weighted by Crippen LogP contribution is -2.15. The lowest BCUT2D eigenvalue weighted by atomic mass is 10.1. The van der Waals surface area contributed by atoms with Gasteiger partial charge >= 0.3 is 0 Å². The molecular weight excluding hydrogens is 316 g/mol. The maximum atomic E-state index is 11.7. The lowest BCUT2D eigenvalue weighted by molar-refractivity contribution is -0.135. The number of rotatable bonds is 6. The lowest BCUT2D eigenvalue weighted by Gasteiger charge is -2.15. The Morgan fingerprint density at radius 1 is 1.05 bits per heavy atom. The fourth-order valence-corrected chi connectivity index (χ4v) is 2.16. The van der Waals surface area contributed by atoms with Crippen LogP contribution in [-0.4, -0.2) is 32.9 Å². The first-order valence-corrected chi connectivity index (χ1v) is 6.36. The molecule has 19 heavy (non-hydrogen) atoms. The summed E-state index contributed by atoms with van der Waals surface area (Å²) in [6.07, 6.45) is 0. The quantitative estimate of drug-likeness (QED) is 0.591. The summed E-state index contributed by atoms with van der Waals surface area (Å²) in [4.78, 5) is 22.1. The van der Waals surface area contributed by atoms with Gasteiger partial charge in [0.25, 0.3) is 0 Å². The Bertz CT molecular complexity index is 473. The number of carbonyl (C=O) groups is 2. The van der Waals surface area contributed by atoms with Crippen molar-refractivity contribution in [2.75, 3.05) is 21.3 Å². The highest BCUT2D eigenvalue weighted by Crippen LogP contribution is 2.41. The second-order valence-electron chi connectivity index (χ2n) is 3.74. The third-order valence-electron chi connectivity index (χ3n) is 2.56. The van der Waals surface area contributed by atoms with Crippen LogP contribution in [-0.2, 0) is 9.59 Å². The zero-order valence-electron chi connectivity index (χ0n) is 11.2. The van der Waals surface area contributed by atoms with E-state index in [1.807, 2.05) is 0 Å². The predicted molar refractivity (Wildman–Crippen MR) is 73.5 cm³/mol. The molecule has 5 nitrogen and oxygen atoms in total. The Kier molecular flexibility index (Phi) is 5.35. The van der Waals surface area contributed by atoms with Crippen LogP contribution in [0.2, 0.25) is 0 Å². The molecule has 0 amide bonds. The van der Waals surface area contributed by atoms with E-state index in [4.69, 9.17) is 14.2 Å². The molecule has 0 radical (unpaired) electrons. The van der Waals surface area contributed by atoms with Crippen LogP contribution in [0.5, 0.6) is 17.2 Å². The average molecular weight is 331 g/mol. The molecular formula is C13H15BrO5. The van der Waals surface area contributed by atoms with Gasteiger partial charge in [0.1, 0.15) is 4.83 Å². The molecule has 1 atom stereocenters. The molecule has 0 spiro atoms. The smallest absolute Gasteiger partial charge is 0.216 e. The fourth-order valence-electron chi connectivity index (χ4n) is 1.58. The Morgan fingerprint density at radius 3 is 1.84 bits per heavy atom. The van der Waals surface area contributed by atoms with Gasteiger partial charge in [0.15, 0.2) is 17.3 Å². The van der Waals surface area contributed by atoms with Gasteiger partial charge < -0.3 is 14.2 Å². The molecule has 0 aromatic heterocycles. The number of ketones is 2. The Balaban J connectivity index is 3.30. The van der Waals surface area contributed by atoms with Crippen molar-refractivity contribution < 1.29 is 23.8 Å². The van der Waals surface area contributed by atoms with Gasteiger partial charge in [0.05, 0.1) is 21.3 Å². The van der Waals surface area contributed by atoms with Gasteiger partial charge in [0.2, 0.25) is 11.5 Å². The summed E-state index contributed by atoms with van der Waals surface area (Å²) in [5, 5.41) is 0. The van der Waals surface area contributed by atoms with E-state index in [2.05, 4.69) is 15.9 Å². The number of hydrogen-bond acceptors (Lipinski definition) is 5. The van der Waals surface area contributed by atoms with E-state index in [1.165, 1.54) is 28.3 Å². The summed E-state index contributed by atoms with van der Waals surface area (Å²) < 4.78 is 15.6. The highest BCUT2D eigenvalue weighted by Gasteiger charge is 2.24. The standard InChI is InChI=1S/C13H15BrO5/c1-7(15)12(16)11(14)8-5-9(17-2)13(19-4)10(6-8)18-3/h5-6,11H,1-4H3. The number of ether oxygens (including phenoxy) is 3. The molecule has 0 fully saturated rings. The van der Waals surface area contributed by atoms with E-state index in [-0.39, 0.29) is 0 Å². The maximum absolute atomic E-state index is 11.7. The normalized spacial score (nSPS) is 11.6. The fraction of sp³-hybridized carbons (Fsp3) is 0.385. The van der Waals surface area contributed by atoms with Crippen molar-refractivity contribution in [3.8, 4) is 17.2 Å². The summed E-state index contributed by atoms with van der Waals surface area (Å²) in [7, 11) is 4.46. The minimum absolute atomic E-state index is 0.428. The summed E-state index contributed by atoms with van der Waals surface area (Å²) in [6, 6.07) is 3.25. The summed E-state index contributed by atoms with van der Waals surface area (Å²) in [6.45, 7) is 1.23. The molecule has 1 rings (SSSR count).